The molecule has 0 aliphatic rings. The van der Waals surface area contributed by atoms with Gasteiger partial charge in [0.1, 0.15) is 0 Å². The smallest absolute Gasteiger partial charge is 0.302 e. The fraction of sp³-hybridized carbons (Fsp3) is 1.00. The van der Waals surface area contributed by atoms with Crippen LogP contribution in [0.25, 0.3) is 0 Å². The maximum absolute atomic E-state index is 11.6. The molecule has 0 heterocycles. The Morgan fingerprint density at radius 2 is 2.00 bits per heavy atom. The van der Waals surface area contributed by atoms with Crippen LogP contribution >= 0.6 is 15.9 Å². The predicted octanol–water partition coefficient (Wildman–Crippen LogP) is 1.32. The molecule has 0 rings (SSSR count). The minimum Gasteiger partial charge on any atom is -0.330 e. The van der Waals surface area contributed by atoms with Crippen molar-refractivity contribution in [3.8, 4) is 0 Å². The molecule has 0 spiro atoms. The fourth-order valence-corrected chi connectivity index (χ4v) is 0.393. The van der Waals surface area contributed by atoms with Crippen LogP contribution in [0.4, 0.5) is 8.78 Å². The van der Waals surface area contributed by atoms with Crippen molar-refractivity contribution in [2.45, 2.75) is 11.3 Å². The van der Waals surface area contributed by atoms with Crippen molar-refractivity contribution in [2.75, 3.05) is 6.54 Å². The molecule has 0 aromatic heterocycles. The van der Waals surface area contributed by atoms with Gasteiger partial charge in [-0.3, -0.25) is 0 Å². The summed E-state index contributed by atoms with van der Waals surface area (Å²) >= 11 is 2.13. The van der Waals surface area contributed by atoms with Crippen molar-refractivity contribution >= 4 is 15.9 Å². The second-order valence-corrected chi connectivity index (χ2v) is 2.31. The highest BCUT2D eigenvalue weighted by molar-refractivity contribution is 9.09. The van der Waals surface area contributed by atoms with E-state index in [4.69, 9.17) is 5.73 Å². The van der Waals surface area contributed by atoms with Gasteiger partial charge in [-0.25, -0.2) is 0 Å². The summed E-state index contributed by atoms with van der Waals surface area (Å²) in [4.78, 5) is -2.76. The zero-order chi connectivity index (χ0) is 5.91. The summed E-state index contributed by atoms with van der Waals surface area (Å²) in [5.41, 5.74) is 4.80. The molecule has 1 nitrogen and oxygen atoms in total. The largest absolute Gasteiger partial charge is 0.330 e. The number of hydrogen-bond acceptors (Lipinski definition) is 1. The van der Waals surface area contributed by atoms with Crippen LogP contribution in [0, 0.1) is 0 Å². The zero-order valence-electron chi connectivity index (χ0n) is 3.63. The molecule has 0 fully saturated rings. The lowest BCUT2D eigenvalue weighted by Crippen LogP contribution is -2.12. The molecule has 0 aromatic rings. The molecule has 0 atom stereocenters. The Bertz CT molecular complexity index is 51.4. The number of hydrogen-bond donors (Lipinski definition) is 1. The van der Waals surface area contributed by atoms with E-state index in [1.807, 2.05) is 0 Å². The molecule has 0 radical (unpaired) electrons. The molecule has 0 aliphatic heterocycles. The van der Waals surface area contributed by atoms with E-state index in [9.17, 15) is 8.78 Å². The van der Waals surface area contributed by atoms with E-state index >= 15 is 0 Å². The van der Waals surface area contributed by atoms with Gasteiger partial charge in [0.05, 0.1) is 0 Å². The standard InChI is InChI=1S/C3H6BrF2N/c4-3(5,6)1-2-7/h1-2,7H2. The topological polar surface area (TPSA) is 26.0 Å². The van der Waals surface area contributed by atoms with Crippen molar-refractivity contribution in [1.29, 1.82) is 0 Å². The third-order valence-electron chi connectivity index (χ3n) is 0.428. The summed E-state index contributed by atoms with van der Waals surface area (Å²) < 4.78 is 23.1. The lowest BCUT2D eigenvalue weighted by molar-refractivity contribution is 0.107. The minimum atomic E-state index is -2.76. The van der Waals surface area contributed by atoms with E-state index in [0.29, 0.717) is 0 Å². The molecule has 0 bridgehead atoms. The summed E-state index contributed by atoms with van der Waals surface area (Å²) in [6.45, 7) is 0.0122. The monoisotopic (exact) mass is 173 g/mol. The molecule has 0 saturated heterocycles. The summed E-state index contributed by atoms with van der Waals surface area (Å²) in [6, 6.07) is 0. The van der Waals surface area contributed by atoms with Crippen LogP contribution in [0.5, 0.6) is 0 Å². The molecule has 0 aromatic carbocycles. The maximum atomic E-state index is 11.6. The Hall–Kier alpha value is 0.300. The van der Waals surface area contributed by atoms with Crippen LogP contribution < -0.4 is 5.73 Å². The third kappa shape index (κ3) is 6.30. The molecule has 0 unspecified atom stereocenters. The first kappa shape index (κ1) is 7.30. The lowest BCUT2D eigenvalue weighted by atomic mass is 10.5. The van der Waals surface area contributed by atoms with Gasteiger partial charge in [-0.15, -0.1) is 0 Å². The first-order valence-corrected chi connectivity index (χ1v) is 2.62. The van der Waals surface area contributed by atoms with E-state index < -0.39 is 4.83 Å². The Kier molecular flexibility index (Phi) is 2.68. The number of halogens is 3. The Morgan fingerprint density at radius 3 is 2.00 bits per heavy atom. The van der Waals surface area contributed by atoms with Crippen LogP contribution in [-0.2, 0) is 0 Å². The summed E-state index contributed by atoms with van der Waals surface area (Å²) in [7, 11) is 0. The second kappa shape index (κ2) is 2.57. The minimum absolute atomic E-state index is 0.0122. The van der Waals surface area contributed by atoms with Crippen LogP contribution in [0.1, 0.15) is 6.42 Å². The summed E-state index contributed by atoms with van der Waals surface area (Å²) in [6.07, 6.45) is -0.299. The van der Waals surface area contributed by atoms with Crippen molar-refractivity contribution < 1.29 is 8.78 Å². The summed E-state index contributed by atoms with van der Waals surface area (Å²) in [5.74, 6) is 0. The van der Waals surface area contributed by atoms with Crippen LogP contribution in [-0.4, -0.2) is 11.4 Å². The SMILES string of the molecule is NCCC(F)(F)Br. The van der Waals surface area contributed by atoms with Gasteiger partial charge in [-0.2, -0.15) is 8.78 Å². The molecule has 0 saturated carbocycles. The number of rotatable bonds is 2. The van der Waals surface area contributed by atoms with Gasteiger partial charge in [0.25, 0.3) is 0 Å². The van der Waals surface area contributed by atoms with Gasteiger partial charge in [0.15, 0.2) is 0 Å². The van der Waals surface area contributed by atoms with Gasteiger partial charge in [0.2, 0.25) is 0 Å². The van der Waals surface area contributed by atoms with Gasteiger partial charge in [-0.1, -0.05) is 0 Å². The number of alkyl halides is 3. The Balaban J connectivity index is 3.15. The molecule has 4 heteroatoms. The molecular formula is C3H6BrF2N. The highest BCUT2D eigenvalue weighted by Crippen LogP contribution is 2.24. The number of nitrogens with two attached hydrogens (primary N) is 1. The van der Waals surface area contributed by atoms with Gasteiger partial charge in [0, 0.05) is 6.42 Å². The van der Waals surface area contributed by atoms with Gasteiger partial charge in [-0.05, 0) is 22.5 Å². The van der Waals surface area contributed by atoms with E-state index in [1.165, 1.54) is 0 Å². The fourth-order valence-electron chi connectivity index (χ4n) is 0.164. The van der Waals surface area contributed by atoms with Crippen LogP contribution in [0.15, 0.2) is 0 Å². The van der Waals surface area contributed by atoms with Crippen molar-refractivity contribution in [1.82, 2.24) is 0 Å². The first-order chi connectivity index (χ1) is 3.06. The average Bonchev–Trinajstić information content (AvgIpc) is 1.30. The highest BCUT2D eigenvalue weighted by atomic mass is 79.9. The molecule has 7 heavy (non-hydrogen) atoms. The van der Waals surface area contributed by atoms with Crippen molar-refractivity contribution in [2.24, 2.45) is 5.73 Å². The third-order valence-corrected chi connectivity index (χ3v) is 0.824. The Morgan fingerprint density at radius 1 is 1.57 bits per heavy atom. The van der Waals surface area contributed by atoms with Crippen molar-refractivity contribution in [3.63, 3.8) is 0 Å². The molecule has 0 amide bonds. The van der Waals surface area contributed by atoms with Crippen LogP contribution in [0.3, 0.4) is 0 Å². The molecule has 2 N–H and O–H groups in total. The normalized spacial score (nSPS) is 12.0. The maximum Gasteiger partial charge on any atom is 0.302 e. The Labute approximate surface area is 49.0 Å². The van der Waals surface area contributed by atoms with Crippen LogP contribution in [0.2, 0.25) is 0 Å². The molecule has 44 valence electrons. The first-order valence-electron chi connectivity index (χ1n) is 1.83. The highest BCUT2D eigenvalue weighted by Gasteiger charge is 2.21. The molecular weight excluding hydrogens is 168 g/mol. The zero-order valence-corrected chi connectivity index (χ0v) is 5.21. The van der Waals surface area contributed by atoms with Gasteiger partial charge < -0.3 is 5.73 Å². The predicted molar refractivity (Wildman–Crippen MR) is 27.5 cm³/mol. The van der Waals surface area contributed by atoms with E-state index in [2.05, 4.69) is 15.9 Å². The van der Waals surface area contributed by atoms with E-state index in [-0.39, 0.29) is 13.0 Å². The second-order valence-electron chi connectivity index (χ2n) is 1.15. The van der Waals surface area contributed by atoms with Gasteiger partial charge >= 0.3 is 4.83 Å². The van der Waals surface area contributed by atoms with E-state index in [0.717, 1.165) is 0 Å². The van der Waals surface area contributed by atoms with E-state index in [1.54, 1.807) is 0 Å². The average molecular weight is 174 g/mol. The van der Waals surface area contributed by atoms with Crippen molar-refractivity contribution in [3.05, 3.63) is 0 Å². The summed E-state index contributed by atoms with van der Waals surface area (Å²) in [5, 5.41) is 0. The quantitative estimate of drug-likeness (QED) is 0.627. The molecule has 0 aliphatic carbocycles. The lowest BCUT2D eigenvalue weighted by Gasteiger charge is -2.02.